The highest BCUT2D eigenvalue weighted by atomic mass is 32.2. The van der Waals surface area contributed by atoms with Crippen molar-refractivity contribution in [2.45, 2.75) is 26.5 Å². The van der Waals surface area contributed by atoms with Crippen LogP contribution in [0.1, 0.15) is 23.2 Å². The van der Waals surface area contributed by atoms with E-state index in [0.717, 1.165) is 39.9 Å². The number of fused-ring (bicyclic) bond motifs is 1. The summed E-state index contributed by atoms with van der Waals surface area (Å²) in [7, 11) is 0. The Hall–Kier alpha value is -0.850. The minimum atomic E-state index is 0.199. The molecule has 6 heteroatoms. The summed E-state index contributed by atoms with van der Waals surface area (Å²) in [5.41, 5.74) is 1.27. The number of thiophene rings is 1. The minimum Gasteiger partial charge on any atom is -0.396 e. The minimum absolute atomic E-state index is 0.199. The van der Waals surface area contributed by atoms with Crippen LogP contribution in [0.2, 0.25) is 0 Å². The highest BCUT2D eigenvalue weighted by molar-refractivity contribution is 7.98. The van der Waals surface area contributed by atoms with Gasteiger partial charge in [-0.1, -0.05) is 0 Å². The lowest BCUT2D eigenvalue weighted by Gasteiger charge is -2.07. The van der Waals surface area contributed by atoms with Gasteiger partial charge in [-0.15, -0.1) is 11.3 Å². The summed E-state index contributed by atoms with van der Waals surface area (Å²) in [6.45, 7) is 7.37. The third-order valence-electron chi connectivity index (χ3n) is 2.89. The number of nitrogens with one attached hydrogen (secondary N) is 1. The van der Waals surface area contributed by atoms with E-state index in [2.05, 4.69) is 36.1 Å². The lowest BCUT2D eigenvalue weighted by Crippen LogP contribution is -2.04. The number of aliphatic hydroxyl groups is 1. The number of aliphatic hydroxyl groups excluding tert-OH is 1. The number of nitrogens with zero attached hydrogens (tertiary/aromatic N) is 2. The Kier molecular flexibility index (Phi) is 5.01. The maximum absolute atomic E-state index is 8.82. The van der Waals surface area contributed by atoms with Gasteiger partial charge in [0.15, 0.2) is 0 Å². The molecule has 0 saturated carbocycles. The number of hydrogen-bond acceptors (Lipinski definition) is 6. The summed E-state index contributed by atoms with van der Waals surface area (Å²) in [5.74, 6) is 3.24. The third kappa shape index (κ3) is 3.19. The summed E-state index contributed by atoms with van der Waals surface area (Å²) in [6.07, 6.45) is 0. The van der Waals surface area contributed by atoms with Gasteiger partial charge in [0.25, 0.3) is 0 Å². The predicted octanol–water partition coefficient (Wildman–Crippen LogP) is 2.97. The molecule has 0 amide bonds. The van der Waals surface area contributed by atoms with Gasteiger partial charge in [0.2, 0.25) is 0 Å². The topological polar surface area (TPSA) is 58.0 Å². The van der Waals surface area contributed by atoms with Crippen LogP contribution in [0, 0.1) is 13.8 Å². The van der Waals surface area contributed by atoms with Crippen molar-refractivity contribution < 1.29 is 5.11 Å². The SMILES string of the molecule is CCNc1nc(CSCCO)nc2sc(C)c(C)c12. The molecule has 0 fully saturated rings. The van der Waals surface area contributed by atoms with Crippen molar-refractivity contribution in [1.82, 2.24) is 9.97 Å². The molecule has 2 aromatic rings. The Morgan fingerprint density at radius 3 is 2.79 bits per heavy atom. The molecule has 104 valence electrons. The van der Waals surface area contributed by atoms with Crippen LogP contribution in [0.4, 0.5) is 5.82 Å². The van der Waals surface area contributed by atoms with E-state index in [1.807, 2.05) is 0 Å². The molecule has 4 nitrogen and oxygen atoms in total. The standard InChI is InChI=1S/C13H19N3OS2/c1-4-14-12-11-8(2)9(3)19-13(11)16-10(15-12)7-18-6-5-17/h17H,4-7H2,1-3H3,(H,14,15,16). The molecule has 0 atom stereocenters. The van der Waals surface area contributed by atoms with Crippen molar-refractivity contribution in [1.29, 1.82) is 0 Å². The van der Waals surface area contributed by atoms with Gasteiger partial charge in [-0.3, -0.25) is 0 Å². The van der Waals surface area contributed by atoms with Gasteiger partial charge < -0.3 is 10.4 Å². The quantitative estimate of drug-likeness (QED) is 0.803. The van der Waals surface area contributed by atoms with Crippen molar-refractivity contribution in [3.8, 4) is 0 Å². The number of hydrogen-bond donors (Lipinski definition) is 2. The fourth-order valence-corrected chi connectivity index (χ4v) is 3.51. The number of aromatic nitrogens is 2. The zero-order valence-electron chi connectivity index (χ0n) is 11.5. The molecular formula is C13H19N3OS2. The molecule has 0 spiro atoms. The molecule has 0 saturated heterocycles. The second kappa shape index (κ2) is 6.54. The first-order valence-electron chi connectivity index (χ1n) is 6.36. The molecule has 19 heavy (non-hydrogen) atoms. The molecule has 0 radical (unpaired) electrons. The van der Waals surface area contributed by atoms with E-state index in [4.69, 9.17) is 5.11 Å². The maximum atomic E-state index is 8.82. The molecule has 0 aliphatic carbocycles. The second-order valence-electron chi connectivity index (χ2n) is 4.26. The first-order chi connectivity index (χ1) is 9.17. The monoisotopic (exact) mass is 297 g/mol. The van der Waals surface area contributed by atoms with Crippen molar-refractivity contribution in [3.63, 3.8) is 0 Å². The molecule has 2 heterocycles. The zero-order chi connectivity index (χ0) is 13.8. The van der Waals surface area contributed by atoms with Gasteiger partial charge in [0, 0.05) is 17.2 Å². The summed E-state index contributed by atoms with van der Waals surface area (Å²) in [4.78, 5) is 11.6. The molecule has 2 rings (SSSR count). The fraction of sp³-hybridized carbons (Fsp3) is 0.538. The van der Waals surface area contributed by atoms with Crippen molar-refractivity contribution >= 4 is 39.1 Å². The molecule has 0 aliphatic heterocycles. The van der Waals surface area contributed by atoms with Gasteiger partial charge >= 0.3 is 0 Å². The van der Waals surface area contributed by atoms with Gasteiger partial charge in [0.1, 0.15) is 16.5 Å². The van der Waals surface area contributed by atoms with Crippen molar-refractivity contribution in [2.24, 2.45) is 0 Å². The molecule has 0 aromatic carbocycles. The molecule has 2 N–H and O–H groups in total. The van der Waals surface area contributed by atoms with Crippen molar-refractivity contribution in [3.05, 3.63) is 16.3 Å². The molecule has 0 bridgehead atoms. The first-order valence-corrected chi connectivity index (χ1v) is 8.33. The van der Waals surface area contributed by atoms with Gasteiger partial charge in [0.05, 0.1) is 17.7 Å². The predicted molar refractivity (Wildman–Crippen MR) is 84.3 cm³/mol. The van der Waals surface area contributed by atoms with Crippen LogP contribution in [0.5, 0.6) is 0 Å². The Bertz CT molecular complexity index is 569. The summed E-state index contributed by atoms with van der Waals surface area (Å²) in [6, 6.07) is 0. The molecule has 0 aliphatic rings. The van der Waals surface area contributed by atoms with E-state index in [0.29, 0.717) is 0 Å². The highest BCUT2D eigenvalue weighted by Gasteiger charge is 2.13. The van der Waals surface area contributed by atoms with Crippen LogP contribution < -0.4 is 5.32 Å². The Balaban J connectivity index is 2.40. The van der Waals surface area contributed by atoms with Crippen LogP contribution in [-0.2, 0) is 5.75 Å². The Labute approximate surface area is 121 Å². The molecule has 2 aromatic heterocycles. The summed E-state index contributed by atoms with van der Waals surface area (Å²) < 4.78 is 0. The van der Waals surface area contributed by atoms with E-state index in [1.54, 1.807) is 23.1 Å². The lowest BCUT2D eigenvalue weighted by atomic mass is 10.2. The number of thioether (sulfide) groups is 1. The van der Waals surface area contributed by atoms with Crippen LogP contribution in [-0.4, -0.2) is 34.0 Å². The average Bonchev–Trinajstić information content (AvgIpc) is 2.66. The van der Waals surface area contributed by atoms with Crippen LogP contribution in [0.3, 0.4) is 0 Å². The van der Waals surface area contributed by atoms with Crippen LogP contribution >= 0.6 is 23.1 Å². The van der Waals surface area contributed by atoms with Crippen LogP contribution in [0.25, 0.3) is 10.2 Å². The lowest BCUT2D eigenvalue weighted by molar-refractivity contribution is 0.322. The molecular weight excluding hydrogens is 278 g/mol. The number of aryl methyl sites for hydroxylation is 2. The fourth-order valence-electron chi connectivity index (χ4n) is 1.88. The van der Waals surface area contributed by atoms with Gasteiger partial charge in [-0.25, -0.2) is 9.97 Å². The van der Waals surface area contributed by atoms with E-state index in [1.165, 1.54) is 10.4 Å². The highest BCUT2D eigenvalue weighted by Crippen LogP contribution is 2.33. The van der Waals surface area contributed by atoms with E-state index in [9.17, 15) is 0 Å². The number of rotatable bonds is 6. The first kappa shape index (κ1) is 14.6. The molecule has 0 unspecified atom stereocenters. The van der Waals surface area contributed by atoms with Gasteiger partial charge in [-0.05, 0) is 26.3 Å². The smallest absolute Gasteiger partial charge is 0.142 e. The van der Waals surface area contributed by atoms with E-state index < -0.39 is 0 Å². The Morgan fingerprint density at radius 1 is 1.32 bits per heavy atom. The normalized spacial score (nSPS) is 11.2. The van der Waals surface area contributed by atoms with E-state index in [-0.39, 0.29) is 6.61 Å². The maximum Gasteiger partial charge on any atom is 0.142 e. The summed E-state index contributed by atoms with van der Waals surface area (Å²) in [5, 5.41) is 13.3. The average molecular weight is 297 g/mol. The second-order valence-corrected chi connectivity index (χ2v) is 6.57. The summed E-state index contributed by atoms with van der Waals surface area (Å²) >= 11 is 3.38. The number of anilines is 1. The third-order valence-corrected chi connectivity index (χ3v) is 4.92. The van der Waals surface area contributed by atoms with Crippen LogP contribution in [0.15, 0.2) is 0 Å². The Morgan fingerprint density at radius 2 is 2.11 bits per heavy atom. The van der Waals surface area contributed by atoms with E-state index >= 15 is 0 Å². The van der Waals surface area contributed by atoms with Crippen molar-refractivity contribution in [2.75, 3.05) is 24.2 Å². The largest absolute Gasteiger partial charge is 0.396 e. The zero-order valence-corrected chi connectivity index (χ0v) is 13.1. The van der Waals surface area contributed by atoms with Gasteiger partial charge in [-0.2, -0.15) is 11.8 Å².